The van der Waals surface area contributed by atoms with E-state index in [4.69, 9.17) is 28.4 Å². The molecule has 0 fully saturated rings. The van der Waals surface area contributed by atoms with Crippen molar-refractivity contribution in [2.45, 2.75) is 110 Å². The molecule has 0 N–H and O–H groups in total. The fraction of sp³-hybridized carbons (Fsp3) is 1.00. The first-order valence-corrected chi connectivity index (χ1v) is 14.9. The number of rotatable bonds is 32. The van der Waals surface area contributed by atoms with Gasteiger partial charge in [-0.15, -0.1) is 0 Å². The molecule has 0 radical (unpaired) electrons. The predicted molar refractivity (Wildman–Crippen MR) is 146 cm³/mol. The highest BCUT2D eigenvalue weighted by Gasteiger charge is 1.96. The van der Waals surface area contributed by atoms with Crippen molar-refractivity contribution in [3.8, 4) is 0 Å². The van der Waals surface area contributed by atoms with Crippen LogP contribution in [0.5, 0.6) is 0 Å². The average molecular weight is 505 g/mol. The number of unbranched alkanes of at least 4 members (excludes halogenated alkanes) is 13. The second-order valence-corrected chi connectivity index (χ2v) is 9.27. The molecule has 35 heavy (non-hydrogen) atoms. The number of hydrogen-bond acceptors (Lipinski definition) is 6. The zero-order chi connectivity index (χ0) is 25.3. The van der Waals surface area contributed by atoms with Crippen LogP contribution in [0.1, 0.15) is 110 Å². The van der Waals surface area contributed by atoms with Crippen molar-refractivity contribution in [3.05, 3.63) is 0 Å². The van der Waals surface area contributed by atoms with E-state index in [9.17, 15) is 0 Å². The van der Waals surface area contributed by atoms with Crippen LogP contribution >= 0.6 is 0 Å². The standard InChI is InChI=1S/C29H60O6/c1-3-5-7-9-10-11-12-13-14-15-17-19-31-21-23-33-25-27-35-29-28-34-26-24-32-22-20-30-18-16-8-6-4-2/h3-29H2,1-2H3. The fourth-order valence-corrected chi connectivity index (χ4v) is 3.70. The second-order valence-electron chi connectivity index (χ2n) is 9.27. The van der Waals surface area contributed by atoms with Crippen molar-refractivity contribution in [1.29, 1.82) is 0 Å². The van der Waals surface area contributed by atoms with Crippen LogP contribution in [0.3, 0.4) is 0 Å². The molecule has 0 bridgehead atoms. The molecule has 6 nitrogen and oxygen atoms in total. The average Bonchev–Trinajstić information content (AvgIpc) is 2.87. The SMILES string of the molecule is CCCCCCCCCCCCCOCCOCCOCCOCCOCCOCCCCCC. The summed E-state index contributed by atoms with van der Waals surface area (Å²) in [6, 6.07) is 0. The minimum Gasteiger partial charge on any atom is -0.379 e. The van der Waals surface area contributed by atoms with Crippen LogP contribution in [-0.4, -0.2) is 79.3 Å². The van der Waals surface area contributed by atoms with Crippen LogP contribution < -0.4 is 0 Å². The Morgan fingerprint density at radius 3 is 0.714 bits per heavy atom. The molecule has 0 aromatic heterocycles. The van der Waals surface area contributed by atoms with Crippen molar-refractivity contribution < 1.29 is 28.4 Å². The van der Waals surface area contributed by atoms with E-state index in [0.29, 0.717) is 66.1 Å². The van der Waals surface area contributed by atoms with Crippen molar-refractivity contribution in [3.63, 3.8) is 0 Å². The zero-order valence-electron chi connectivity index (χ0n) is 23.5. The zero-order valence-corrected chi connectivity index (χ0v) is 23.5. The van der Waals surface area contributed by atoms with Gasteiger partial charge in [0.2, 0.25) is 0 Å². The van der Waals surface area contributed by atoms with E-state index in [1.807, 2.05) is 0 Å². The van der Waals surface area contributed by atoms with Crippen LogP contribution in [-0.2, 0) is 28.4 Å². The Morgan fingerprint density at radius 1 is 0.229 bits per heavy atom. The molecular weight excluding hydrogens is 444 g/mol. The van der Waals surface area contributed by atoms with E-state index in [1.165, 1.54) is 83.5 Å². The minimum atomic E-state index is 0.583. The minimum absolute atomic E-state index is 0.583. The first-order valence-electron chi connectivity index (χ1n) is 14.9. The van der Waals surface area contributed by atoms with Crippen molar-refractivity contribution in [1.82, 2.24) is 0 Å². The van der Waals surface area contributed by atoms with Gasteiger partial charge in [-0.3, -0.25) is 0 Å². The first-order chi connectivity index (χ1) is 17.4. The Hall–Kier alpha value is -0.240. The quantitative estimate of drug-likeness (QED) is 0.0921. The molecular formula is C29H60O6. The van der Waals surface area contributed by atoms with Gasteiger partial charge in [0.05, 0.1) is 66.1 Å². The highest BCUT2D eigenvalue weighted by atomic mass is 16.6. The van der Waals surface area contributed by atoms with Crippen LogP contribution in [0.4, 0.5) is 0 Å². The van der Waals surface area contributed by atoms with Crippen molar-refractivity contribution >= 4 is 0 Å². The van der Waals surface area contributed by atoms with Gasteiger partial charge < -0.3 is 28.4 Å². The van der Waals surface area contributed by atoms with Gasteiger partial charge in [0, 0.05) is 13.2 Å². The van der Waals surface area contributed by atoms with Gasteiger partial charge in [-0.2, -0.15) is 0 Å². The van der Waals surface area contributed by atoms with Crippen LogP contribution in [0.2, 0.25) is 0 Å². The lowest BCUT2D eigenvalue weighted by atomic mass is 10.1. The molecule has 0 heterocycles. The number of hydrogen-bond donors (Lipinski definition) is 0. The van der Waals surface area contributed by atoms with Crippen molar-refractivity contribution in [2.24, 2.45) is 0 Å². The molecule has 6 heteroatoms. The van der Waals surface area contributed by atoms with Gasteiger partial charge in [0.25, 0.3) is 0 Å². The summed E-state index contributed by atoms with van der Waals surface area (Å²) in [5.74, 6) is 0. The van der Waals surface area contributed by atoms with Gasteiger partial charge in [-0.25, -0.2) is 0 Å². The maximum absolute atomic E-state index is 5.64. The summed E-state index contributed by atoms with van der Waals surface area (Å²) >= 11 is 0. The van der Waals surface area contributed by atoms with Gasteiger partial charge in [-0.1, -0.05) is 97.3 Å². The molecule has 0 aliphatic carbocycles. The van der Waals surface area contributed by atoms with E-state index in [0.717, 1.165) is 26.1 Å². The molecule has 0 aromatic carbocycles. The Morgan fingerprint density at radius 2 is 0.429 bits per heavy atom. The van der Waals surface area contributed by atoms with E-state index >= 15 is 0 Å². The molecule has 0 amide bonds. The Labute approximate surface area is 218 Å². The largest absolute Gasteiger partial charge is 0.379 e. The second kappa shape index (κ2) is 33.8. The summed E-state index contributed by atoms with van der Waals surface area (Å²) in [5, 5.41) is 0. The molecule has 0 atom stereocenters. The van der Waals surface area contributed by atoms with Crippen LogP contribution in [0, 0.1) is 0 Å². The smallest absolute Gasteiger partial charge is 0.0701 e. The van der Waals surface area contributed by atoms with Gasteiger partial charge in [0.15, 0.2) is 0 Å². The van der Waals surface area contributed by atoms with Gasteiger partial charge >= 0.3 is 0 Å². The van der Waals surface area contributed by atoms with E-state index in [2.05, 4.69) is 13.8 Å². The Bertz CT molecular complexity index is 324. The molecule has 0 saturated heterocycles. The molecule has 0 spiro atoms. The first kappa shape index (κ1) is 34.8. The third kappa shape index (κ3) is 33.8. The third-order valence-corrected chi connectivity index (χ3v) is 5.89. The molecule has 0 aromatic rings. The fourth-order valence-electron chi connectivity index (χ4n) is 3.70. The Balaban J connectivity index is 3.00. The molecule has 0 unspecified atom stereocenters. The Kier molecular flexibility index (Phi) is 33.5. The maximum atomic E-state index is 5.64. The summed E-state index contributed by atoms with van der Waals surface area (Å²) in [4.78, 5) is 0. The maximum Gasteiger partial charge on any atom is 0.0701 e. The lowest BCUT2D eigenvalue weighted by Gasteiger charge is -2.08. The van der Waals surface area contributed by atoms with E-state index in [-0.39, 0.29) is 0 Å². The number of ether oxygens (including phenoxy) is 6. The summed E-state index contributed by atoms with van der Waals surface area (Å²) in [5.41, 5.74) is 0. The molecule has 0 saturated carbocycles. The summed E-state index contributed by atoms with van der Waals surface area (Å²) in [7, 11) is 0. The van der Waals surface area contributed by atoms with Gasteiger partial charge in [-0.05, 0) is 12.8 Å². The van der Waals surface area contributed by atoms with Gasteiger partial charge in [0.1, 0.15) is 0 Å². The third-order valence-electron chi connectivity index (χ3n) is 5.89. The lowest BCUT2D eigenvalue weighted by molar-refractivity contribution is -0.0169. The molecule has 212 valence electrons. The lowest BCUT2D eigenvalue weighted by Crippen LogP contribution is -2.14. The molecule has 0 aliphatic rings. The normalized spacial score (nSPS) is 11.5. The monoisotopic (exact) mass is 504 g/mol. The summed E-state index contributed by atoms with van der Waals surface area (Å²) < 4.78 is 33.2. The van der Waals surface area contributed by atoms with Crippen molar-refractivity contribution in [2.75, 3.05) is 79.3 Å². The van der Waals surface area contributed by atoms with Crippen LogP contribution in [0.25, 0.3) is 0 Å². The highest BCUT2D eigenvalue weighted by molar-refractivity contribution is 4.48. The highest BCUT2D eigenvalue weighted by Crippen LogP contribution is 2.11. The predicted octanol–water partition coefficient (Wildman–Crippen LogP) is 6.98. The molecule has 0 aliphatic heterocycles. The topological polar surface area (TPSA) is 55.4 Å². The van der Waals surface area contributed by atoms with E-state index in [1.54, 1.807) is 0 Å². The molecule has 0 rings (SSSR count). The van der Waals surface area contributed by atoms with E-state index < -0.39 is 0 Å². The summed E-state index contributed by atoms with van der Waals surface area (Å²) in [6.07, 6.45) is 20.0. The summed E-state index contributed by atoms with van der Waals surface area (Å²) in [6.45, 7) is 12.3. The van der Waals surface area contributed by atoms with Crippen LogP contribution in [0.15, 0.2) is 0 Å².